The van der Waals surface area contributed by atoms with Gasteiger partial charge in [-0.25, -0.2) is 4.98 Å². The Hall–Kier alpha value is -1.83. The number of carbonyl (C=O) groups is 1. The number of alkyl halides is 3. The smallest absolute Gasteiger partial charge is 0.365 e. The fourth-order valence-corrected chi connectivity index (χ4v) is 2.40. The molecule has 1 aliphatic rings. The topological polar surface area (TPSA) is 71.2 Å². The summed E-state index contributed by atoms with van der Waals surface area (Å²) in [5.74, 6) is -0.902. The van der Waals surface area contributed by atoms with Gasteiger partial charge in [0.1, 0.15) is 11.5 Å². The summed E-state index contributed by atoms with van der Waals surface area (Å²) in [4.78, 5) is 16.9. The monoisotopic (exact) mass is 302 g/mol. The van der Waals surface area contributed by atoms with Crippen molar-refractivity contribution >= 4 is 11.7 Å². The summed E-state index contributed by atoms with van der Waals surface area (Å²) in [5, 5.41) is 2.92. The first kappa shape index (κ1) is 15.6. The molecule has 3 N–H and O–H groups in total. The lowest BCUT2D eigenvalue weighted by Gasteiger charge is -2.31. The lowest BCUT2D eigenvalue weighted by molar-refractivity contribution is -0.141. The highest BCUT2D eigenvalue weighted by atomic mass is 19.4. The van der Waals surface area contributed by atoms with E-state index in [1.165, 1.54) is 0 Å². The van der Waals surface area contributed by atoms with Crippen LogP contribution in [0, 0.1) is 0 Å². The number of aromatic nitrogens is 1. The van der Waals surface area contributed by atoms with Gasteiger partial charge in [0, 0.05) is 12.6 Å². The Labute approximate surface area is 120 Å². The van der Waals surface area contributed by atoms with Gasteiger partial charge in [0.15, 0.2) is 0 Å². The maximum atomic E-state index is 12.7. The predicted molar refractivity (Wildman–Crippen MR) is 71.9 cm³/mol. The minimum atomic E-state index is -4.56. The van der Waals surface area contributed by atoms with Crippen LogP contribution in [-0.2, 0) is 6.18 Å². The molecule has 8 heteroatoms. The molecule has 0 spiro atoms. The number of piperidine rings is 1. The molecular weight excluding hydrogens is 285 g/mol. The van der Waals surface area contributed by atoms with Gasteiger partial charge in [-0.05, 0) is 38.6 Å². The summed E-state index contributed by atoms with van der Waals surface area (Å²) >= 11 is 0. The van der Waals surface area contributed by atoms with Crippen LogP contribution in [-0.4, -0.2) is 42.0 Å². The van der Waals surface area contributed by atoms with E-state index in [4.69, 9.17) is 5.73 Å². The number of likely N-dealkylation sites (tertiary alicyclic amines) is 1. The molecule has 116 valence electrons. The number of primary amides is 1. The number of likely N-dealkylation sites (N-methyl/N-ethyl adjacent to an activating group) is 1. The van der Waals surface area contributed by atoms with Crippen LogP contribution >= 0.6 is 0 Å². The third kappa shape index (κ3) is 3.84. The largest absolute Gasteiger partial charge is 0.433 e. The number of amides is 1. The number of hydrogen-bond acceptors (Lipinski definition) is 4. The maximum Gasteiger partial charge on any atom is 0.433 e. The second-order valence-corrected chi connectivity index (χ2v) is 5.20. The second-order valence-electron chi connectivity index (χ2n) is 5.20. The Balaban J connectivity index is 2.28. The Morgan fingerprint density at radius 1 is 1.48 bits per heavy atom. The predicted octanol–water partition coefficient (Wildman–Crippen LogP) is 1.71. The van der Waals surface area contributed by atoms with Crippen molar-refractivity contribution in [1.29, 1.82) is 0 Å². The van der Waals surface area contributed by atoms with Gasteiger partial charge in [-0.3, -0.25) is 4.79 Å². The van der Waals surface area contributed by atoms with E-state index < -0.39 is 17.8 Å². The Bertz CT molecular complexity index is 533. The van der Waals surface area contributed by atoms with Crippen LogP contribution in [0.25, 0.3) is 0 Å². The minimum absolute atomic E-state index is 0.0313. The normalized spacial score (nSPS) is 20.3. The number of nitrogens with two attached hydrogens (primary N) is 1. The lowest BCUT2D eigenvalue weighted by Crippen LogP contribution is -2.40. The summed E-state index contributed by atoms with van der Waals surface area (Å²) in [6.07, 6.45) is -2.82. The molecule has 1 amide bonds. The number of halogens is 3. The molecule has 0 bridgehead atoms. The molecule has 21 heavy (non-hydrogen) atoms. The van der Waals surface area contributed by atoms with Gasteiger partial charge in [0.25, 0.3) is 5.91 Å². The second kappa shape index (κ2) is 5.88. The van der Waals surface area contributed by atoms with Gasteiger partial charge in [0.2, 0.25) is 0 Å². The average molecular weight is 302 g/mol. The SMILES string of the molecule is CN1CCCC(Nc2nc(C(F)(F)F)ccc2C(N)=O)C1. The van der Waals surface area contributed by atoms with Gasteiger partial charge in [0.05, 0.1) is 5.56 Å². The third-order valence-electron chi connectivity index (χ3n) is 3.42. The van der Waals surface area contributed by atoms with Crippen LogP contribution in [0.4, 0.5) is 19.0 Å². The van der Waals surface area contributed by atoms with E-state index in [9.17, 15) is 18.0 Å². The zero-order valence-corrected chi connectivity index (χ0v) is 11.6. The number of nitrogens with zero attached hydrogens (tertiary/aromatic N) is 2. The Morgan fingerprint density at radius 3 is 2.76 bits per heavy atom. The third-order valence-corrected chi connectivity index (χ3v) is 3.42. The van der Waals surface area contributed by atoms with Gasteiger partial charge < -0.3 is 16.0 Å². The number of rotatable bonds is 3. The van der Waals surface area contributed by atoms with Gasteiger partial charge in [-0.2, -0.15) is 13.2 Å². The summed E-state index contributed by atoms with van der Waals surface area (Å²) in [7, 11) is 1.93. The van der Waals surface area contributed by atoms with Crippen LogP contribution in [0.3, 0.4) is 0 Å². The fraction of sp³-hybridized carbons (Fsp3) is 0.538. The molecule has 1 aliphatic heterocycles. The van der Waals surface area contributed by atoms with Gasteiger partial charge in [-0.1, -0.05) is 0 Å². The zero-order valence-electron chi connectivity index (χ0n) is 11.6. The van der Waals surface area contributed by atoms with E-state index in [2.05, 4.69) is 15.2 Å². The van der Waals surface area contributed by atoms with Crippen molar-refractivity contribution in [3.8, 4) is 0 Å². The molecule has 5 nitrogen and oxygen atoms in total. The van der Waals surface area contributed by atoms with Crippen LogP contribution in [0.2, 0.25) is 0 Å². The van der Waals surface area contributed by atoms with Crippen LogP contribution in [0.1, 0.15) is 28.9 Å². The van der Waals surface area contributed by atoms with E-state index in [0.717, 1.165) is 31.5 Å². The summed E-state index contributed by atoms with van der Waals surface area (Å²) in [5.41, 5.74) is 4.12. The standard InChI is InChI=1S/C13H17F3N4O/c1-20-6-2-3-8(7-20)18-12-9(11(17)21)4-5-10(19-12)13(14,15)16/h4-5,8H,2-3,6-7H2,1H3,(H2,17,21)(H,18,19). The van der Waals surface area contributed by atoms with Crippen molar-refractivity contribution in [3.63, 3.8) is 0 Å². The molecule has 1 aromatic heterocycles. The molecule has 0 radical (unpaired) electrons. The van der Waals surface area contributed by atoms with Gasteiger partial charge in [-0.15, -0.1) is 0 Å². The van der Waals surface area contributed by atoms with Crippen molar-refractivity contribution in [2.45, 2.75) is 25.1 Å². The molecule has 2 heterocycles. The van der Waals surface area contributed by atoms with Crippen molar-refractivity contribution in [1.82, 2.24) is 9.88 Å². The van der Waals surface area contributed by atoms with Crippen molar-refractivity contribution in [2.24, 2.45) is 5.73 Å². The molecule has 1 saturated heterocycles. The van der Waals surface area contributed by atoms with Crippen LogP contribution in [0.5, 0.6) is 0 Å². The minimum Gasteiger partial charge on any atom is -0.365 e. The number of carbonyl (C=O) groups excluding carboxylic acids is 1. The van der Waals surface area contributed by atoms with E-state index in [0.29, 0.717) is 6.54 Å². The van der Waals surface area contributed by atoms with Crippen molar-refractivity contribution < 1.29 is 18.0 Å². The van der Waals surface area contributed by atoms with E-state index >= 15 is 0 Å². The van der Waals surface area contributed by atoms with Gasteiger partial charge >= 0.3 is 6.18 Å². The molecule has 2 rings (SSSR count). The molecule has 1 atom stereocenters. The molecule has 0 aliphatic carbocycles. The highest BCUT2D eigenvalue weighted by Gasteiger charge is 2.33. The fourth-order valence-electron chi connectivity index (χ4n) is 2.40. The number of anilines is 1. The molecule has 1 fully saturated rings. The van der Waals surface area contributed by atoms with Crippen LogP contribution < -0.4 is 11.1 Å². The first-order chi connectivity index (χ1) is 9.77. The molecular formula is C13H17F3N4O. The average Bonchev–Trinajstić information content (AvgIpc) is 2.37. The molecule has 0 aromatic carbocycles. The quantitative estimate of drug-likeness (QED) is 0.891. The Morgan fingerprint density at radius 2 is 2.19 bits per heavy atom. The first-order valence-corrected chi connectivity index (χ1v) is 6.60. The summed E-state index contributed by atoms with van der Waals surface area (Å²) in [6, 6.07) is 1.77. The molecule has 1 unspecified atom stereocenters. The molecule has 0 saturated carbocycles. The summed E-state index contributed by atoms with van der Waals surface area (Å²) < 4.78 is 38.2. The van der Waals surface area contributed by atoms with E-state index in [1.54, 1.807) is 0 Å². The lowest BCUT2D eigenvalue weighted by atomic mass is 10.1. The zero-order chi connectivity index (χ0) is 15.6. The highest BCUT2D eigenvalue weighted by Crippen LogP contribution is 2.30. The summed E-state index contributed by atoms with van der Waals surface area (Å²) in [6.45, 7) is 1.62. The molecule has 1 aromatic rings. The highest BCUT2D eigenvalue weighted by molar-refractivity contribution is 5.97. The van der Waals surface area contributed by atoms with E-state index in [1.807, 2.05) is 7.05 Å². The number of pyridine rings is 1. The van der Waals surface area contributed by atoms with Crippen molar-refractivity contribution in [2.75, 3.05) is 25.5 Å². The van der Waals surface area contributed by atoms with Crippen molar-refractivity contribution in [3.05, 3.63) is 23.4 Å². The first-order valence-electron chi connectivity index (χ1n) is 6.60. The number of nitrogens with one attached hydrogen (secondary N) is 1. The Kier molecular flexibility index (Phi) is 4.36. The van der Waals surface area contributed by atoms with E-state index in [-0.39, 0.29) is 17.4 Å². The van der Waals surface area contributed by atoms with Crippen LogP contribution in [0.15, 0.2) is 12.1 Å². The number of hydrogen-bond donors (Lipinski definition) is 2. The maximum absolute atomic E-state index is 12.7.